The van der Waals surface area contributed by atoms with Gasteiger partial charge in [-0.1, -0.05) is 12.6 Å². The number of carbonyl (C=O) groups excluding carboxylic acids is 1. The second-order valence-electron chi connectivity index (χ2n) is 7.35. The van der Waals surface area contributed by atoms with E-state index in [4.69, 9.17) is 4.74 Å². The van der Waals surface area contributed by atoms with Gasteiger partial charge in [-0.25, -0.2) is 27.5 Å². The van der Waals surface area contributed by atoms with Crippen molar-refractivity contribution in [3.63, 3.8) is 0 Å². The quantitative estimate of drug-likeness (QED) is 0.421. The van der Waals surface area contributed by atoms with Crippen molar-refractivity contribution in [3.8, 4) is 5.75 Å². The van der Waals surface area contributed by atoms with Crippen molar-refractivity contribution in [2.24, 2.45) is 0 Å². The van der Waals surface area contributed by atoms with E-state index in [0.29, 0.717) is 22.7 Å². The number of anilines is 1. The molecule has 0 aliphatic carbocycles. The molecule has 3 rings (SSSR count). The number of ether oxygens (including phenoxy) is 1. The Morgan fingerprint density at radius 2 is 1.91 bits per heavy atom. The summed E-state index contributed by atoms with van der Waals surface area (Å²) in [5.41, 5.74) is 0.945. The van der Waals surface area contributed by atoms with Gasteiger partial charge in [0.2, 0.25) is 6.43 Å². The van der Waals surface area contributed by atoms with Gasteiger partial charge in [-0.2, -0.15) is 0 Å². The average molecular weight is 450 g/mol. The third kappa shape index (κ3) is 5.63. The number of amides is 1. The number of imidazole rings is 1. The minimum atomic E-state index is -2.80. The molecule has 0 saturated carbocycles. The third-order valence-electron chi connectivity index (χ3n) is 4.42. The fourth-order valence-electron chi connectivity index (χ4n) is 2.93. The van der Waals surface area contributed by atoms with Crippen LogP contribution in [-0.4, -0.2) is 32.8 Å². The summed E-state index contributed by atoms with van der Waals surface area (Å²) in [6.07, 6.45) is -2.56. The molecule has 32 heavy (non-hydrogen) atoms. The van der Waals surface area contributed by atoms with Crippen LogP contribution in [0.4, 0.5) is 23.2 Å². The number of fused-ring (bicyclic) bond motifs is 1. The van der Waals surface area contributed by atoms with E-state index in [-0.39, 0.29) is 30.3 Å². The van der Waals surface area contributed by atoms with E-state index in [0.717, 1.165) is 6.07 Å². The molecule has 1 N–H and O–H groups in total. The van der Waals surface area contributed by atoms with Gasteiger partial charge in [0.25, 0.3) is 12.3 Å². The number of alkyl halides is 4. The SMILES string of the molecule is C=C(CCC(F)F)c1cn2cc(NC(=O)c3cccc(C(F)F)n3)c(OC(C)C)cc2n1. The second kappa shape index (κ2) is 9.80. The first kappa shape index (κ1) is 23.2. The lowest BCUT2D eigenvalue weighted by molar-refractivity contribution is 0.101. The summed E-state index contributed by atoms with van der Waals surface area (Å²) in [5, 5.41) is 2.63. The zero-order chi connectivity index (χ0) is 23.4. The van der Waals surface area contributed by atoms with Crippen molar-refractivity contribution >= 4 is 22.8 Å². The standard InChI is InChI=1S/C22H22F4N4O2/c1-12(2)32-18-9-20-28-16(13(3)7-8-19(23)24)10-30(20)11-17(18)29-22(31)15-6-4-5-14(27-15)21(25)26/h4-6,9-12,19,21H,3,7-8H2,1-2H3,(H,29,31). The van der Waals surface area contributed by atoms with Crippen molar-refractivity contribution in [1.82, 2.24) is 14.4 Å². The number of pyridine rings is 2. The summed E-state index contributed by atoms with van der Waals surface area (Å²) in [5.74, 6) is -0.386. The number of aromatic nitrogens is 3. The van der Waals surface area contributed by atoms with E-state index in [1.807, 2.05) is 0 Å². The summed E-state index contributed by atoms with van der Waals surface area (Å²) in [6, 6.07) is 5.37. The Labute approximate surface area is 181 Å². The van der Waals surface area contributed by atoms with Crippen LogP contribution in [0, 0.1) is 0 Å². The largest absolute Gasteiger partial charge is 0.489 e. The smallest absolute Gasteiger partial charge is 0.280 e. The van der Waals surface area contributed by atoms with Crippen LogP contribution in [0.2, 0.25) is 0 Å². The highest BCUT2D eigenvalue weighted by atomic mass is 19.3. The van der Waals surface area contributed by atoms with Gasteiger partial charge in [0.15, 0.2) is 0 Å². The highest BCUT2D eigenvalue weighted by Crippen LogP contribution is 2.29. The van der Waals surface area contributed by atoms with Gasteiger partial charge < -0.3 is 14.5 Å². The van der Waals surface area contributed by atoms with Gasteiger partial charge >= 0.3 is 0 Å². The zero-order valence-electron chi connectivity index (χ0n) is 17.5. The number of hydrogen-bond donors (Lipinski definition) is 1. The Balaban J connectivity index is 1.92. The Morgan fingerprint density at radius 3 is 2.56 bits per heavy atom. The first-order chi connectivity index (χ1) is 15.1. The molecule has 0 atom stereocenters. The van der Waals surface area contributed by atoms with Crippen LogP contribution in [0.1, 0.15) is 55.0 Å². The summed E-state index contributed by atoms with van der Waals surface area (Å²) in [4.78, 5) is 20.7. The molecule has 6 nitrogen and oxygen atoms in total. The molecule has 3 aromatic heterocycles. The fourth-order valence-corrected chi connectivity index (χ4v) is 2.93. The van der Waals surface area contributed by atoms with Gasteiger partial charge in [0, 0.05) is 24.9 Å². The van der Waals surface area contributed by atoms with E-state index in [1.54, 1.807) is 36.7 Å². The summed E-state index contributed by atoms with van der Waals surface area (Å²) in [6.45, 7) is 7.41. The molecule has 0 aliphatic heterocycles. The van der Waals surface area contributed by atoms with Crippen LogP contribution in [0.25, 0.3) is 11.2 Å². The van der Waals surface area contributed by atoms with Crippen LogP contribution in [0.5, 0.6) is 5.75 Å². The van der Waals surface area contributed by atoms with Crippen molar-refractivity contribution in [2.75, 3.05) is 5.32 Å². The predicted octanol–water partition coefficient (Wildman–Crippen LogP) is 5.76. The molecule has 10 heteroatoms. The average Bonchev–Trinajstić information content (AvgIpc) is 3.14. The van der Waals surface area contributed by atoms with Gasteiger partial charge in [0.1, 0.15) is 28.5 Å². The first-order valence-corrected chi connectivity index (χ1v) is 9.86. The highest BCUT2D eigenvalue weighted by Gasteiger charge is 2.18. The predicted molar refractivity (Wildman–Crippen MR) is 112 cm³/mol. The second-order valence-corrected chi connectivity index (χ2v) is 7.35. The zero-order valence-corrected chi connectivity index (χ0v) is 17.5. The molecule has 0 saturated heterocycles. The van der Waals surface area contributed by atoms with Crippen molar-refractivity contribution in [2.45, 2.75) is 45.6 Å². The molecule has 0 spiro atoms. The number of rotatable bonds is 9. The van der Waals surface area contributed by atoms with E-state index in [9.17, 15) is 22.4 Å². The van der Waals surface area contributed by atoms with Crippen LogP contribution >= 0.6 is 0 Å². The molecule has 3 aromatic rings. The van der Waals surface area contributed by atoms with Gasteiger partial charge in [-0.15, -0.1) is 0 Å². The van der Waals surface area contributed by atoms with Crippen LogP contribution in [0.15, 0.2) is 43.2 Å². The monoisotopic (exact) mass is 450 g/mol. The Bertz CT molecular complexity index is 1130. The van der Waals surface area contributed by atoms with Gasteiger partial charge in [-0.05, 0) is 38.0 Å². The highest BCUT2D eigenvalue weighted by molar-refractivity contribution is 6.03. The number of nitrogens with zero attached hydrogens (tertiary/aromatic N) is 3. The van der Waals surface area contributed by atoms with Crippen LogP contribution in [0.3, 0.4) is 0 Å². The minimum Gasteiger partial charge on any atom is -0.489 e. The molecule has 0 aromatic carbocycles. The molecule has 0 aliphatic rings. The van der Waals surface area contributed by atoms with Gasteiger partial charge in [0.05, 0.1) is 11.8 Å². The maximum Gasteiger partial charge on any atom is 0.280 e. The normalized spacial score (nSPS) is 11.5. The lowest BCUT2D eigenvalue weighted by Gasteiger charge is -2.15. The molecule has 0 bridgehead atoms. The lowest BCUT2D eigenvalue weighted by Crippen LogP contribution is -2.17. The van der Waals surface area contributed by atoms with Crippen LogP contribution < -0.4 is 10.1 Å². The van der Waals surface area contributed by atoms with Gasteiger partial charge in [-0.3, -0.25) is 4.79 Å². The van der Waals surface area contributed by atoms with Crippen molar-refractivity contribution in [3.05, 3.63) is 60.3 Å². The topological polar surface area (TPSA) is 68.5 Å². The van der Waals surface area contributed by atoms with E-state index in [2.05, 4.69) is 21.9 Å². The Kier molecular flexibility index (Phi) is 7.12. The van der Waals surface area contributed by atoms with E-state index < -0.39 is 24.5 Å². The molecular formula is C22H22F4N4O2. The lowest BCUT2D eigenvalue weighted by atomic mass is 10.1. The number of halogens is 4. The number of hydrogen-bond acceptors (Lipinski definition) is 4. The Morgan fingerprint density at radius 1 is 1.16 bits per heavy atom. The summed E-state index contributed by atoms with van der Waals surface area (Å²) >= 11 is 0. The molecular weight excluding hydrogens is 428 g/mol. The fraction of sp³-hybridized carbons (Fsp3) is 0.318. The minimum absolute atomic E-state index is 0.0899. The molecule has 0 radical (unpaired) electrons. The summed E-state index contributed by atoms with van der Waals surface area (Å²) in [7, 11) is 0. The molecule has 1 amide bonds. The number of nitrogens with one attached hydrogen (secondary N) is 1. The van der Waals surface area contributed by atoms with E-state index in [1.165, 1.54) is 12.1 Å². The summed E-state index contributed by atoms with van der Waals surface area (Å²) < 4.78 is 58.2. The maximum absolute atomic E-state index is 12.9. The van der Waals surface area contributed by atoms with E-state index >= 15 is 0 Å². The van der Waals surface area contributed by atoms with Crippen molar-refractivity contribution < 1.29 is 27.1 Å². The third-order valence-corrected chi connectivity index (χ3v) is 4.42. The molecule has 170 valence electrons. The van der Waals surface area contributed by atoms with Crippen molar-refractivity contribution in [1.29, 1.82) is 0 Å². The number of carbonyl (C=O) groups is 1. The van der Waals surface area contributed by atoms with Crippen LogP contribution in [-0.2, 0) is 0 Å². The maximum atomic E-state index is 12.9. The molecule has 3 heterocycles. The molecule has 0 fully saturated rings. The molecule has 0 unspecified atom stereocenters. The first-order valence-electron chi connectivity index (χ1n) is 9.86. The Hall–Kier alpha value is -3.43. The number of allylic oxidation sites excluding steroid dienone is 1.